The van der Waals surface area contributed by atoms with E-state index in [0.717, 1.165) is 39.9 Å². The second-order valence-corrected chi connectivity index (χ2v) is 7.41. The molecule has 28 heavy (non-hydrogen) atoms. The van der Waals surface area contributed by atoms with Crippen molar-refractivity contribution in [2.75, 3.05) is 6.54 Å². The van der Waals surface area contributed by atoms with Crippen molar-refractivity contribution in [1.82, 2.24) is 10.3 Å². The Hall–Kier alpha value is -2.34. The van der Waals surface area contributed by atoms with Gasteiger partial charge in [-0.1, -0.05) is 48.0 Å². The first-order chi connectivity index (χ1) is 13.6. The molecule has 2 aromatic carbocycles. The van der Waals surface area contributed by atoms with Crippen LogP contribution in [0.3, 0.4) is 0 Å². The quantitative estimate of drug-likeness (QED) is 0.409. The van der Waals surface area contributed by atoms with E-state index in [-0.39, 0.29) is 18.5 Å². The van der Waals surface area contributed by atoms with Crippen LogP contribution in [0.25, 0.3) is 10.9 Å². The Morgan fingerprint density at radius 3 is 2.64 bits per heavy atom. The molecule has 5 N–H and O–H groups in total. The maximum absolute atomic E-state index is 11.2. The minimum atomic E-state index is -0.799. The third kappa shape index (κ3) is 5.13. The van der Waals surface area contributed by atoms with Gasteiger partial charge in [0.05, 0.1) is 0 Å². The van der Waals surface area contributed by atoms with E-state index in [9.17, 15) is 9.90 Å². The van der Waals surface area contributed by atoms with Gasteiger partial charge in [0.2, 0.25) is 0 Å². The number of aliphatic carboxylic acids is 1. The Morgan fingerprint density at radius 2 is 1.89 bits per heavy atom. The number of hydrogen-bond donors (Lipinski definition) is 4. The lowest BCUT2D eigenvalue weighted by molar-refractivity contribution is -0.137. The highest BCUT2D eigenvalue weighted by Gasteiger charge is 2.20. The molecule has 0 spiro atoms. The Bertz CT molecular complexity index is 925. The highest BCUT2D eigenvalue weighted by molar-refractivity contribution is 6.31. The summed E-state index contributed by atoms with van der Waals surface area (Å²) in [5, 5.41) is 14.6. The molecule has 1 aromatic heterocycles. The summed E-state index contributed by atoms with van der Waals surface area (Å²) in [7, 11) is 0. The van der Waals surface area contributed by atoms with Crippen molar-refractivity contribution in [3.63, 3.8) is 0 Å². The second kappa shape index (κ2) is 9.73. The number of halogens is 1. The summed E-state index contributed by atoms with van der Waals surface area (Å²) in [6.07, 6.45) is 4.20. The summed E-state index contributed by atoms with van der Waals surface area (Å²) in [4.78, 5) is 14.4. The largest absolute Gasteiger partial charge is 0.481 e. The van der Waals surface area contributed by atoms with Crippen molar-refractivity contribution in [3.8, 4) is 0 Å². The van der Waals surface area contributed by atoms with Crippen molar-refractivity contribution in [3.05, 3.63) is 70.9 Å². The normalized spacial score (nSPS) is 13.5. The van der Waals surface area contributed by atoms with E-state index in [1.54, 1.807) is 0 Å². The van der Waals surface area contributed by atoms with Crippen molar-refractivity contribution in [2.45, 2.75) is 37.8 Å². The molecule has 3 aromatic rings. The van der Waals surface area contributed by atoms with Gasteiger partial charge in [-0.05, 0) is 42.5 Å². The number of nitrogens with two attached hydrogens (primary N) is 1. The number of hydrogen-bond acceptors (Lipinski definition) is 3. The monoisotopic (exact) mass is 399 g/mol. The van der Waals surface area contributed by atoms with Crippen LogP contribution < -0.4 is 11.1 Å². The molecular formula is C22H26ClN3O2. The molecule has 0 aliphatic heterocycles. The van der Waals surface area contributed by atoms with E-state index < -0.39 is 5.97 Å². The number of carboxylic acids is 1. The highest BCUT2D eigenvalue weighted by atomic mass is 35.5. The number of benzene rings is 2. The van der Waals surface area contributed by atoms with Crippen LogP contribution in [0.2, 0.25) is 5.02 Å². The number of aryl methyl sites for hydroxylation is 1. The van der Waals surface area contributed by atoms with Crippen LogP contribution >= 0.6 is 11.6 Å². The van der Waals surface area contributed by atoms with Crippen LogP contribution in [0.15, 0.2) is 54.7 Å². The molecule has 148 valence electrons. The average Bonchev–Trinajstić information content (AvgIpc) is 3.12. The first-order valence-electron chi connectivity index (χ1n) is 9.55. The maximum Gasteiger partial charge on any atom is 0.303 e. The zero-order valence-electron chi connectivity index (χ0n) is 15.7. The van der Waals surface area contributed by atoms with Gasteiger partial charge >= 0.3 is 5.97 Å². The first kappa shape index (κ1) is 20.4. The number of rotatable bonds is 10. The fourth-order valence-electron chi connectivity index (χ4n) is 3.56. The molecule has 0 radical (unpaired) electrons. The third-order valence-corrected chi connectivity index (χ3v) is 5.45. The van der Waals surface area contributed by atoms with Gasteiger partial charge in [0, 0.05) is 47.2 Å². The Balaban J connectivity index is 1.75. The smallest absolute Gasteiger partial charge is 0.303 e. The summed E-state index contributed by atoms with van der Waals surface area (Å²) in [6.45, 7) is 0.469. The molecular weight excluding hydrogens is 374 g/mol. The summed E-state index contributed by atoms with van der Waals surface area (Å²) < 4.78 is 0. The molecule has 0 fully saturated rings. The highest BCUT2D eigenvalue weighted by Crippen LogP contribution is 2.28. The van der Waals surface area contributed by atoms with Crippen LogP contribution in [-0.2, 0) is 11.2 Å². The van der Waals surface area contributed by atoms with Gasteiger partial charge in [0.15, 0.2) is 0 Å². The first-order valence-corrected chi connectivity index (χ1v) is 9.93. The molecule has 0 aliphatic carbocycles. The molecule has 1 heterocycles. The molecule has 0 saturated heterocycles. The molecule has 2 atom stereocenters. The lowest BCUT2D eigenvalue weighted by Gasteiger charge is -2.25. The second-order valence-electron chi connectivity index (χ2n) is 7.00. The Kier molecular flexibility index (Phi) is 7.09. The van der Waals surface area contributed by atoms with Gasteiger partial charge < -0.3 is 21.1 Å². The maximum atomic E-state index is 11.2. The number of fused-ring (bicyclic) bond motifs is 1. The van der Waals surface area contributed by atoms with E-state index in [1.165, 1.54) is 0 Å². The summed E-state index contributed by atoms with van der Waals surface area (Å²) in [5.74, 6) is -0.799. The van der Waals surface area contributed by atoms with Crippen LogP contribution in [0.1, 0.15) is 36.4 Å². The van der Waals surface area contributed by atoms with Crippen molar-refractivity contribution in [1.29, 1.82) is 0 Å². The van der Waals surface area contributed by atoms with Gasteiger partial charge in [-0.3, -0.25) is 4.79 Å². The molecule has 1 unspecified atom stereocenters. The third-order valence-electron chi connectivity index (χ3n) is 5.08. The molecule has 5 nitrogen and oxygen atoms in total. The number of aromatic amines is 1. The predicted octanol–water partition coefficient (Wildman–Crippen LogP) is 4.28. The number of aromatic nitrogens is 1. The van der Waals surface area contributed by atoms with Crippen LogP contribution in [0.5, 0.6) is 0 Å². The molecule has 3 rings (SSSR count). The fourth-order valence-corrected chi connectivity index (χ4v) is 3.79. The zero-order valence-corrected chi connectivity index (χ0v) is 16.5. The van der Waals surface area contributed by atoms with Gasteiger partial charge in [-0.2, -0.15) is 0 Å². The van der Waals surface area contributed by atoms with Crippen LogP contribution in [-0.4, -0.2) is 28.6 Å². The summed E-state index contributed by atoms with van der Waals surface area (Å²) in [6, 6.07) is 15.8. The van der Waals surface area contributed by atoms with Crippen molar-refractivity contribution in [2.24, 2.45) is 5.73 Å². The van der Waals surface area contributed by atoms with Crippen LogP contribution in [0.4, 0.5) is 0 Å². The summed E-state index contributed by atoms with van der Waals surface area (Å²) in [5.41, 5.74) is 9.24. The molecule has 0 amide bonds. The standard InChI is InChI=1S/C22H26ClN3O2/c23-19-7-3-1-5-15(19)9-10-16(13-24)26-21(11-12-22(27)28)18-14-25-20-8-4-2-6-17(18)20/h1-8,14,16,21,25-26H,9-13,24H2,(H,27,28)/t16?,21-/m0/s1. The van der Waals surface area contributed by atoms with Gasteiger partial charge in [0.25, 0.3) is 0 Å². The van der Waals surface area contributed by atoms with Crippen molar-refractivity contribution >= 4 is 28.5 Å². The van der Waals surface area contributed by atoms with E-state index in [2.05, 4.69) is 16.4 Å². The van der Waals surface area contributed by atoms with Gasteiger partial charge in [-0.25, -0.2) is 0 Å². The Labute approximate surface area is 169 Å². The van der Waals surface area contributed by atoms with Crippen molar-refractivity contribution < 1.29 is 9.90 Å². The molecule has 0 saturated carbocycles. The molecule has 6 heteroatoms. The van der Waals surface area contributed by atoms with Gasteiger partial charge in [-0.15, -0.1) is 0 Å². The fraction of sp³-hybridized carbons (Fsp3) is 0.318. The number of para-hydroxylation sites is 1. The zero-order chi connectivity index (χ0) is 19.9. The Morgan fingerprint density at radius 1 is 1.14 bits per heavy atom. The minimum Gasteiger partial charge on any atom is -0.481 e. The lowest BCUT2D eigenvalue weighted by Crippen LogP contribution is -2.39. The van der Waals surface area contributed by atoms with E-state index >= 15 is 0 Å². The average molecular weight is 400 g/mol. The summed E-state index contributed by atoms with van der Waals surface area (Å²) >= 11 is 6.27. The van der Waals surface area contributed by atoms with Crippen LogP contribution in [0, 0.1) is 0 Å². The number of nitrogens with one attached hydrogen (secondary N) is 2. The lowest BCUT2D eigenvalue weighted by atomic mass is 9.98. The topological polar surface area (TPSA) is 91.1 Å². The number of carboxylic acid groups (broad SMARTS) is 1. The molecule has 0 aliphatic rings. The predicted molar refractivity (Wildman–Crippen MR) is 114 cm³/mol. The minimum absolute atomic E-state index is 0.0590. The molecule has 0 bridgehead atoms. The van der Waals surface area contributed by atoms with Gasteiger partial charge in [0.1, 0.15) is 0 Å². The van der Waals surface area contributed by atoms with E-state index in [0.29, 0.717) is 13.0 Å². The number of H-pyrrole nitrogens is 1. The SMILES string of the molecule is NCC(CCc1ccccc1Cl)N[C@@H](CCC(=O)O)c1c[nH]c2ccccc12. The number of carbonyl (C=O) groups is 1. The van der Waals surface area contributed by atoms with E-state index in [1.807, 2.05) is 48.7 Å². The van der Waals surface area contributed by atoms with E-state index in [4.69, 9.17) is 17.3 Å².